The minimum Gasteiger partial charge on any atom is -0.376 e. The van der Waals surface area contributed by atoms with Crippen LogP contribution in [0.2, 0.25) is 0 Å². The first kappa shape index (κ1) is 10.5. The van der Waals surface area contributed by atoms with Crippen LogP contribution in [0.1, 0.15) is 26.7 Å². The van der Waals surface area contributed by atoms with Crippen molar-refractivity contribution in [3.05, 3.63) is 0 Å². The van der Waals surface area contributed by atoms with Crippen LogP contribution in [0.4, 0.5) is 0 Å². The molecule has 1 aliphatic heterocycles. The Labute approximate surface area is 78.8 Å². The standard InChI is InChI=1S/C9H17NO3/c1-3-4-9(11)13-10-5-6-12-8(2)7-10/h8H,3-7H2,1-2H3. The SMILES string of the molecule is CCCC(=O)ON1CCOC(C)C1. The molecule has 0 spiro atoms. The number of rotatable bonds is 3. The highest BCUT2D eigenvalue weighted by molar-refractivity contribution is 5.68. The Morgan fingerprint density at radius 2 is 2.46 bits per heavy atom. The largest absolute Gasteiger partial charge is 0.376 e. The number of nitrogens with zero attached hydrogens (tertiary/aromatic N) is 1. The Bertz CT molecular complexity index is 172. The summed E-state index contributed by atoms with van der Waals surface area (Å²) >= 11 is 0. The Hall–Kier alpha value is -0.610. The molecule has 1 heterocycles. The molecule has 0 aliphatic carbocycles. The highest BCUT2D eigenvalue weighted by Gasteiger charge is 2.19. The number of carbonyl (C=O) groups excluding carboxylic acids is 1. The quantitative estimate of drug-likeness (QED) is 0.659. The van der Waals surface area contributed by atoms with Gasteiger partial charge in [0.1, 0.15) is 0 Å². The van der Waals surface area contributed by atoms with E-state index in [0.29, 0.717) is 26.1 Å². The molecule has 1 atom stereocenters. The summed E-state index contributed by atoms with van der Waals surface area (Å²) in [4.78, 5) is 16.2. The van der Waals surface area contributed by atoms with Gasteiger partial charge in [-0.25, -0.2) is 0 Å². The second-order valence-corrected chi connectivity index (χ2v) is 3.28. The molecular formula is C9H17NO3. The summed E-state index contributed by atoms with van der Waals surface area (Å²) in [6.07, 6.45) is 1.48. The van der Waals surface area contributed by atoms with Crippen molar-refractivity contribution in [2.24, 2.45) is 0 Å². The minimum atomic E-state index is -0.142. The van der Waals surface area contributed by atoms with Crippen molar-refractivity contribution in [2.75, 3.05) is 19.7 Å². The van der Waals surface area contributed by atoms with Crippen LogP contribution in [0.3, 0.4) is 0 Å². The maximum atomic E-state index is 11.1. The second kappa shape index (κ2) is 5.19. The van der Waals surface area contributed by atoms with Crippen LogP contribution in [-0.2, 0) is 14.4 Å². The smallest absolute Gasteiger partial charge is 0.325 e. The Kier molecular flexibility index (Phi) is 4.18. The van der Waals surface area contributed by atoms with Crippen LogP contribution in [0.5, 0.6) is 0 Å². The van der Waals surface area contributed by atoms with Gasteiger partial charge in [-0.1, -0.05) is 6.92 Å². The fraction of sp³-hybridized carbons (Fsp3) is 0.889. The molecule has 0 aromatic heterocycles. The summed E-state index contributed by atoms with van der Waals surface area (Å²) in [5.41, 5.74) is 0. The first-order valence-corrected chi connectivity index (χ1v) is 4.79. The normalized spacial score (nSPS) is 24.3. The molecule has 4 heteroatoms. The summed E-state index contributed by atoms with van der Waals surface area (Å²) in [6.45, 7) is 5.93. The van der Waals surface area contributed by atoms with Gasteiger partial charge in [0.05, 0.1) is 25.8 Å². The average molecular weight is 187 g/mol. The van der Waals surface area contributed by atoms with Crippen LogP contribution in [0, 0.1) is 0 Å². The minimum absolute atomic E-state index is 0.142. The third kappa shape index (κ3) is 3.74. The molecule has 1 aliphatic rings. The van der Waals surface area contributed by atoms with Crippen molar-refractivity contribution < 1.29 is 14.4 Å². The molecule has 0 radical (unpaired) electrons. The lowest BCUT2D eigenvalue weighted by Gasteiger charge is -2.29. The average Bonchev–Trinajstić information content (AvgIpc) is 2.04. The van der Waals surface area contributed by atoms with Crippen LogP contribution >= 0.6 is 0 Å². The van der Waals surface area contributed by atoms with E-state index in [0.717, 1.165) is 6.42 Å². The van der Waals surface area contributed by atoms with Crippen LogP contribution < -0.4 is 0 Å². The van der Waals surface area contributed by atoms with Crippen LogP contribution in [0.15, 0.2) is 0 Å². The lowest BCUT2D eigenvalue weighted by atomic mass is 10.3. The number of hydroxylamine groups is 2. The monoisotopic (exact) mass is 187 g/mol. The zero-order valence-electron chi connectivity index (χ0n) is 8.28. The zero-order chi connectivity index (χ0) is 9.68. The lowest BCUT2D eigenvalue weighted by Crippen LogP contribution is -2.42. The number of hydrogen-bond donors (Lipinski definition) is 0. The third-order valence-corrected chi connectivity index (χ3v) is 1.89. The predicted octanol–water partition coefficient (Wildman–Crippen LogP) is 0.965. The molecule has 76 valence electrons. The van der Waals surface area contributed by atoms with Gasteiger partial charge in [-0.3, -0.25) is 4.79 Å². The number of hydrogen-bond acceptors (Lipinski definition) is 4. The summed E-state index contributed by atoms with van der Waals surface area (Å²) in [6, 6.07) is 0. The Morgan fingerprint density at radius 3 is 3.08 bits per heavy atom. The van der Waals surface area contributed by atoms with Gasteiger partial charge in [0.25, 0.3) is 0 Å². The van der Waals surface area contributed by atoms with Crippen molar-refractivity contribution in [1.29, 1.82) is 0 Å². The first-order valence-electron chi connectivity index (χ1n) is 4.79. The zero-order valence-corrected chi connectivity index (χ0v) is 8.28. The van der Waals surface area contributed by atoms with Gasteiger partial charge in [-0.2, -0.15) is 0 Å². The van der Waals surface area contributed by atoms with E-state index >= 15 is 0 Å². The second-order valence-electron chi connectivity index (χ2n) is 3.28. The van der Waals surface area contributed by atoms with Crippen molar-refractivity contribution in [1.82, 2.24) is 5.06 Å². The molecule has 1 saturated heterocycles. The number of morpholine rings is 1. The molecular weight excluding hydrogens is 170 g/mol. The number of ether oxygens (including phenoxy) is 1. The van der Waals surface area contributed by atoms with Crippen molar-refractivity contribution in [3.63, 3.8) is 0 Å². The molecule has 0 amide bonds. The number of carbonyl (C=O) groups is 1. The molecule has 0 aromatic carbocycles. The predicted molar refractivity (Wildman–Crippen MR) is 48.0 cm³/mol. The van der Waals surface area contributed by atoms with E-state index < -0.39 is 0 Å². The van der Waals surface area contributed by atoms with Crippen molar-refractivity contribution >= 4 is 5.97 Å². The fourth-order valence-corrected chi connectivity index (χ4v) is 1.26. The topological polar surface area (TPSA) is 38.8 Å². The summed E-state index contributed by atoms with van der Waals surface area (Å²) in [5.74, 6) is -0.142. The van der Waals surface area contributed by atoms with E-state index in [1.807, 2.05) is 13.8 Å². The maximum absolute atomic E-state index is 11.1. The molecule has 4 nitrogen and oxygen atoms in total. The molecule has 1 unspecified atom stereocenters. The summed E-state index contributed by atoms with van der Waals surface area (Å²) in [5, 5.41) is 1.69. The van der Waals surface area contributed by atoms with Crippen molar-refractivity contribution in [3.8, 4) is 0 Å². The lowest BCUT2D eigenvalue weighted by molar-refractivity contribution is -0.213. The van der Waals surface area contributed by atoms with Gasteiger partial charge in [-0.05, 0) is 13.3 Å². The van der Waals surface area contributed by atoms with Gasteiger partial charge < -0.3 is 9.57 Å². The van der Waals surface area contributed by atoms with E-state index in [1.165, 1.54) is 0 Å². The van der Waals surface area contributed by atoms with E-state index in [4.69, 9.17) is 9.57 Å². The van der Waals surface area contributed by atoms with E-state index in [9.17, 15) is 4.79 Å². The third-order valence-electron chi connectivity index (χ3n) is 1.89. The van der Waals surface area contributed by atoms with E-state index in [2.05, 4.69) is 0 Å². The van der Waals surface area contributed by atoms with Gasteiger partial charge in [0.15, 0.2) is 0 Å². The van der Waals surface area contributed by atoms with E-state index in [1.54, 1.807) is 5.06 Å². The first-order chi connectivity index (χ1) is 6.22. The molecule has 0 aromatic rings. The summed E-state index contributed by atoms with van der Waals surface area (Å²) < 4.78 is 5.32. The van der Waals surface area contributed by atoms with Gasteiger partial charge in [-0.15, -0.1) is 5.06 Å². The summed E-state index contributed by atoms with van der Waals surface area (Å²) in [7, 11) is 0. The van der Waals surface area contributed by atoms with Gasteiger partial charge in [0.2, 0.25) is 0 Å². The molecule has 0 N–H and O–H groups in total. The molecule has 0 bridgehead atoms. The Balaban J connectivity index is 2.23. The molecule has 1 fully saturated rings. The van der Waals surface area contributed by atoms with Crippen LogP contribution in [0.25, 0.3) is 0 Å². The highest BCUT2D eigenvalue weighted by Crippen LogP contribution is 2.05. The fourth-order valence-electron chi connectivity index (χ4n) is 1.26. The van der Waals surface area contributed by atoms with Crippen LogP contribution in [-0.4, -0.2) is 36.8 Å². The van der Waals surface area contributed by atoms with Crippen molar-refractivity contribution in [2.45, 2.75) is 32.8 Å². The molecule has 13 heavy (non-hydrogen) atoms. The molecule has 1 rings (SSSR count). The maximum Gasteiger partial charge on any atom is 0.325 e. The highest BCUT2D eigenvalue weighted by atomic mass is 16.7. The Morgan fingerprint density at radius 1 is 1.69 bits per heavy atom. The van der Waals surface area contributed by atoms with E-state index in [-0.39, 0.29) is 12.1 Å². The van der Waals surface area contributed by atoms with Gasteiger partial charge >= 0.3 is 5.97 Å². The van der Waals surface area contributed by atoms with Gasteiger partial charge in [0, 0.05) is 6.42 Å². The molecule has 0 saturated carbocycles.